The van der Waals surface area contributed by atoms with Crippen molar-refractivity contribution in [2.75, 3.05) is 5.32 Å². The van der Waals surface area contributed by atoms with E-state index in [0.717, 1.165) is 18.4 Å². The minimum atomic E-state index is 0. The van der Waals surface area contributed by atoms with Gasteiger partial charge in [0.25, 0.3) is 0 Å². The molecule has 2 N–H and O–H groups in total. The first-order chi connectivity index (χ1) is 12.6. The van der Waals surface area contributed by atoms with Gasteiger partial charge in [-0.2, -0.15) is 5.10 Å². The molecule has 0 radical (unpaired) electrons. The predicted molar refractivity (Wildman–Crippen MR) is 111 cm³/mol. The first-order valence-electron chi connectivity index (χ1n) is 9.09. The third kappa shape index (κ3) is 4.77. The van der Waals surface area contributed by atoms with Crippen LogP contribution in [0.4, 0.5) is 5.82 Å². The fourth-order valence-corrected chi connectivity index (χ4v) is 4.57. The minimum Gasteiger partial charge on any atom is -0.311 e. The van der Waals surface area contributed by atoms with Crippen molar-refractivity contribution in [2.24, 2.45) is 5.92 Å². The average Bonchev–Trinajstić information content (AvgIpc) is 3.18. The monoisotopic (exact) mass is 428 g/mol. The second-order valence-electron chi connectivity index (χ2n) is 7.31. The van der Waals surface area contributed by atoms with Gasteiger partial charge in [-0.1, -0.05) is 35.3 Å². The Balaban J connectivity index is 0.00000210. The zero-order valence-corrected chi connectivity index (χ0v) is 17.2. The normalized spacial score (nSPS) is 23.7. The number of amides is 1. The zero-order valence-electron chi connectivity index (χ0n) is 14.8. The van der Waals surface area contributed by atoms with E-state index in [1.54, 1.807) is 16.9 Å². The maximum atomic E-state index is 12.5. The quantitative estimate of drug-likeness (QED) is 0.734. The van der Waals surface area contributed by atoms with Crippen LogP contribution in [0.15, 0.2) is 30.5 Å². The molecule has 2 fully saturated rings. The lowest BCUT2D eigenvalue weighted by Gasteiger charge is -2.28. The number of benzene rings is 1. The highest BCUT2D eigenvalue weighted by atomic mass is 35.5. The maximum Gasteiger partial charge on any atom is 0.225 e. The Morgan fingerprint density at radius 2 is 1.96 bits per heavy atom. The second-order valence-corrected chi connectivity index (χ2v) is 8.10. The molecule has 5 nitrogen and oxygen atoms in total. The highest BCUT2D eigenvalue weighted by molar-refractivity contribution is 6.42. The van der Waals surface area contributed by atoms with Gasteiger partial charge >= 0.3 is 0 Å². The van der Waals surface area contributed by atoms with Crippen LogP contribution in [0.5, 0.6) is 0 Å². The Labute approximate surface area is 175 Å². The number of piperidine rings is 1. The molecule has 2 aliphatic rings. The fourth-order valence-electron chi connectivity index (χ4n) is 4.19. The van der Waals surface area contributed by atoms with Crippen molar-refractivity contribution in [1.29, 1.82) is 0 Å². The van der Waals surface area contributed by atoms with E-state index in [1.807, 2.05) is 18.2 Å². The van der Waals surface area contributed by atoms with Crippen molar-refractivity contribution in [3.63, 3.8) is 0 Å². The van der Waals surface area contributed by atoms with Crippen LogP contribution in [0, 0.1) is 5.92 Å². The van der Waals surface area contributed by atoms with Gasteiger partial charge in [-0.25, -0.2) is 4.68 Å². The van der Waals surface area contributed by atoms with Crippen LogP contribution in [0.1, 0.15) is 37.7 Å². The molecule has 0 saturated carbocycles. The second kappa shape index (κ2) is 8.82. The minimum absolute atomic E-state index is 0. The first-order valence-corrected chi connectivity index (χ1v) is 9.84. The Bertz CT molecular complexity index is 798. The molecular weight excluding hydrogens is 407 g/mol. The number of nitrogens with zero attached hydrogens (tertiary/aromatic N) is 2. The summed E-state index contributed by atoms with van der Waals surface area (Å²) in [5, 5.41) is 12.0. The van der Waals surface area contributed by atoms with E-state index in [0.29, 0.717) is 46.8 Å². The molecule has 2 aromatic rings. The summed E-state index contributed by atoms with van der Waals surface area (Å²) >= 11 is 12.3. The van der Waals surface area contributed by atoms with Crippen molar-refractivity contribution >= 4 is 47.3 Å². The van der Waals surface area contributed by atoms with Crippen molar-refractivity contribution in [1.82, 2.24) is 15.1 Å². The summed E-state index contributed by atoms with van der Waals surface area (Å²) in [6.07, 6.45) is 6.94. The van der Waals surface area contributed by atoms with E-state index in [-0.39, 0.29) is 18.3 Å². The van der Waals surface area contributed by atoms with E-state index in [9.17, 15) is 4.79 Å². The van der Waals surface area contributed by atoms with Gasteiger partial charge in [0.05, 0.1) is 22.8 Å². The number of carbonyl (C=O) groups is 1. The first kappa shape index (κ1) is 20.5. The van der Waals surface area contributed by atoms with Gasteiger partial charge in [0.15, 0.2) is 0 Å². The van der Waals surface area contributed by atoms with Gasteiger partial charge in [-0.3, -0.25) is 4.79 Å². The number of anilines is 1. The Morgan fingerprint density at radius 3 is 2.70 bits per heavy atom. The van der Waals surface area contributed by atoms with Crippen LogP contribution in [-0.4, -0.2) is 27.8 Å². The summed E-state index contributed by atoms with van der Waals surface area (Å²) in [5.74, 6) is 1.20. The molecule has 3 heterocycles. The number of fused-ring (bicyclic) bond motifs is 2. The predicted octanol–water partition coefficient (Wildman–Crippen LogP) is 4.52. The van der Waals surface area contributed by atoms with Crippen molar-refractivity contribution in [3.05, 3.63) is 46.1 Å². The van der Waals surface area contributed by atoms with Gasteiger partial charge in [0.2, 0.25) is 5.91 Å². The SMILES string of the molecule is Cl.O=C(CC1CC2CCC(C1)N2)Nc1ccnn1Cc1cccc(Cl)c1Cl. The lowest BCUT2D eigenvalue weighted by atomic mass is 9.89. The fraction of sp³-hybridized carbons (Fsp3) is 0.474. The van der Waals surface area contributed by atoms with E-state index in [4.69, 9.17) is 23.2 Å². The molecule has 2 aliphatic heterocycles. The molecule has 0 spiro atoms. The summed E-state index contributed by atoms with van der Waals surface area (Å²) in [6.45, 7) is 0.458. The standard InChI is InChI=1S/C19H22Cl2N4O.ClH/c20-16-3-1-2-13(19(16)21)11-25-17(6-7-22-25)24-18(26)10-12-8-14-4-5-15(9-12)23-14;/h1-3,6-7,12,14-15,23H,4-5,8-11H2,(H,24,26);1H. The highest BCUT2D eigenvalue weighted by Gasteiger charge is 2.34. The smallest absolute Gasteiger partial charge is 0.225 e. The van der Waals surface area contributed by atoms with Crippen molar-refractivity contribution in [3.8, 4) is 0 Å². The lowest BCUT2D eigenvalue weighted by Crippen LogP contribution is -2.39. The highest BCUT2D eigenvalue weighted by Crippen LogP contribution is 2.33. The molecular formula is C19H23Cl3N4O. The largest absolute Gasteiger partial charge is 0.311 e. The number of carbonyl (C=O) groups excluding carboxylic acids is 1. The molecule has 2 saturated heterocycles. The van der Waals surface area contributed by atoms with Crippen LogP contribution < -0.4 is 10.6 Å². The van der Waals surface area contributed by atoms with Crippen molar-refractivity contribution < 1.29 is 4.79 Å². The summed E-state index contributed by atoms with van der Waals surface area (Å²) in [6, 6.07) is 8.53. The van der Waals surface area contributed by atoms with Crippen LogP contribution in [0.3, 0.4) is 0 Å². The van der Waals surface area contributed by atoms with Gasteiger partial charge in [0, 0.05) is 24.6 Å². The third-order valence-corrected chi connectivity index (χ3v) is 6.24. The molecule has 2 bridgehead atoms. The summed E-state index contributed by atoms with van der Waals surface area (Å²) in [7, 11) is 0. The van der Waals surface area contributed by atoms with E-state index < -0.39 is 0 Å². The molecule has 2 atom stereocenters. The van der Waals surface area contributed by atoms with E-state index in [1.165, 1.54) is 12.8 Å². The number of rotatable bonds is 5. The third-order valence-electron chi connectivity index (χ3n) is 5.38. The number of aromatic nitrogens is 2. The topological polar surface area (TPSA) is 59.0 Å². The van der Waals surface area contributed by atoms with E-state index >= 15 is 0 Å². The van der Waals surface area contributed by atoms with Crippen LogP contribution in [0.2, 0.25) is 10.0 Å². The Hall–Kier alpha value is -1.27. The Morgan fingerprint density at radius 1 is 1.22 bits per heavy atom. The van der Waals surface area contributed by atoms with E-state index in [2.05, 4.69) is 15.7 Å². The van der Waals surface area contributed by atoms with Crippen LogP contribution in [0.25, 0.3) is 0 Å². The molecule has 8 heteroatoms. The molecule has 2 unspecified atom stereocenters. The number of nitrogens with one attached hydrogen (secondary N) is 2. The molecule has 0 aliphatic carbocycles. The van der Waals surface area contributed by atoms with Crippen LogP contribution in [-0.2, 0) is 11.3 Å². The van der Waals surface area contributed by atoms with Gasteiger partial charge in [-0.05, 0) is 43.2 Å². The van der Waals surface area contributed by atoms with Gasteiger partial charge < -0.3 is 10.6 Å². The molecule has 1 amide bonds. The van der Waals surface area contributed by atoms with Gasteiger partial charge in [-0.15, -0.1) is 12.4 Å². The number of hydrogen-bond acceptors (Lipinski definition) is 3. The summed E-state index contributed by atoms with van der Waals surface area (Å²) in [5.41, 5.74) is 0.869. The zero-order chi connectivity index (χ0) is 18.1. The summed E-state index contributed by atoms with van der Waals surface area (Å²) in [4.78, 5) is 12.5. The molecule has 4 rings (SSSR count). The molecule has 1 aromatic heterocycles. The van der Waals surface area contributed by atoms with Gasteiger partial charge in [0.1, 0.15) is 5.82 Å². The molecule has 1 aromatic carbocycles. The molecule has 27 heavy (non-hydrogen) atoms. The van der Waals surface area contributed by atoms with Crippen molar-refractivity contribution in [2.45, 2.75) is 50.7 Å². The molecule has 146 valence electrons. The Kier molecular flexibility index (Phi) is 6.69. The lowest BCUT2D eigenvalue weighted by molar-refractivity contribution is -0.117. The van der Waals surface area contributed by atoms with Crippen LogP contribution >= 0.6 is 35.6 Å². The maximum absolute atomic E-state index is 12.5. The number of hydrogen-bond donors (Lipinski definition) is 2. The summed E-state index contributed by atoms with van der Waals surface area (Å²) < 4.78 is 1.74. The number of halogens is 3. The average molecular weight is 430 g/mol.